The lowest BCUT2D eigenvalue weighted by Gasteiger charge is -2.35. The fourth-order valence-corrected chi connectivity index (χ4v) is 3.71. The number of ketones is 1. The molecule has 152 valence electrons. The van der Waals surface area contributed by atoms with Crippen LogP contribution in [-0.4, -0.2) is 48.2 Å². The molecule has 9 heteroatoms. The molecule has 1 aliphatic heterocycles. The number of carbonyl (C=O) groups excluding carboxylic acids is 3. The predicted molar refractivity (Wildman–Crippen MR) is 111 cm³/mol. The van der Waals surface area contributed by atoms with Crippen LogP contribution >= 0.6 is 11.8 Å². The van der Waals surface area contributed by atoms with E-state index in [9.17, 15) is 14.4 Å². The summed E-state index contributed by atoms with van der Waals surface area (Å²) in [5, 5.41) is 8.36. The summed E-state index contributed by atoms with van der Waals surface area (Å²) >= 11 is 1.22. The van der Waals surface area contributed by atoms with Crippen molar-refractivity contribution in [1.82, 2.24) is 16.0 Å². The molecule has 29 heavy (non-hydrogen) atoms. The first kappa shape index (κ1) is 20.8. The lowest BCUT2D eigenvalue weighted by atomic mass is 10.1. The summed E-state index contributed by atoms with van der Waals surface area (Å²) in [7, 11) is 1.56. The number of Topliss-reactive ketones (excluding diaryl/α,β-unsaturated/α-hetero) is 1. The van der Waals surface area contributed by atoms with Gasteiger partial charge in [-0.2, -0.15) is 0 Å². The average Bonchev–Trinajstić information content (AvgIpc) is 2.75. The number of nitrogens with two attached hydrogens (primary N) is 1. The third-order valence-corrected chi connectivity index (χ3v) is 5.39. The summed E-state index contributed by atoms with van der Waals surface area (Å²) in [6, 6.07) is 14.5. The second kappa shape index (κ2) is 9.55. The molecular weight excluding hydrogens is 392 g/mol. The van der Waals surface area contributed by atoms with Crippen molar-refractivity contribution in [2.75, 3.05) is 12.9 Å². The monoisotopic (exact) mass is 414 g/mol. The molecule has 1 aliphatic rings. The van der Waals surface area contributed by atoms with Crippen LogP contribution in [0.1, 0.15) is 20.7 Å². The molecule has 5 N–H and O–H groups in total. The van der Waals surface area contributed by atoms with Crippen LogP contribution in [0.3, 0.4) is 0 Å². The van der Waals surface area contributed by atoms with Gasteiger partial charge in [0, 0.05) is 11.1 Å². The van der Waals surface area contributed by atoms with Crippen molar-refractivity contribution >= 4 is 29.4 Å². The van der Waals surface area contributed by atoms with Gasteiger partial charge in [-0.25, -0.2) is 0 Å². The molecule has 3 atom stereocenters. The van der Waals surface area contributed by atoms with Crippen LogP contribution in [0.4, 0.5) is 0 Å². The number of hydrogen-bond donors (Lipinski definition) is 4. The number of methoxy groups -OCH3 is 1. The molecule has 2 aromatic rings. The second-order valence-electron chi connectivity index (χ2n) is 6.36. The third kappa shape index (κ3) is 5.35. The van der Waals surface area contributed by atoms with Crippen LogP contribution in [0.5, 0.6) is 5.75 Å². The van der Waals surface area contributed by atoms with Gasteiger partial charge in [0.15, 0.2) is 5.78 Å². The highest BCUT2D eigenvalue weighted by Crippen LogP contribution is 2.16. The molecular formula is C20H22N4O4S. The number of ether oxygens (including phenoxy) is 1. The first-order valence-electron chi connectivity index (χ1n) is 8.94. The van der Waals surface area contributed by atoms with Gasteiger partial charge in [0.1, 0.15) is 17.3 Å². The molecule has 2 amide bonds. The number of nitrogens with one attached hydrogen (secondary N) is 3. The van der Waals surface area contributed by atoms with Crippen molar-refractivity contribution in [3.8, 4) is 5.75 Å². The first-order valence-corrected chi connectivity index (χ1v) is 9.99. The molecule has 1 heterocycles. The minimum absolute atomic E-state index is 0.0817. The molecule has 0 spiro atoms. The highest BCUT2D eigenvalue weighted by atomic mass is 32.2. The SMILES string of the molecule is COc1ccc(C(=O)CSC2NC(=O)C(NC(=O)c3ccccc3)C(N)N2)cc1. The van der Waals surface area contributed by atoms with Gasteiger partial charge in [0.05, 0.1) is 19.0 Å². The van der Waals surface area contributed by atoms with Gasteiger partial charge in [0.2, 0.25) is 5.91 Å². The first-order chi connectivity index (χ1) is 14.0. The quantitative estimate of drug-likeness (QED) is 0.492. The van der Waals surface area contributed by atoms with Crippen molar-refractivity contribution in [2.24, 2.45) is 5.73 Å². The van der Waals surface area contributed by atoms with E-state index in [0.29, 0.717) is 16.9 Å². The van der Waals surface area contributed by atoms with Gasteiger partial charge in [-0.3, -0.25) is 19.7 Å². The molecule has 0 saturated carbocycles. The lowest BCUT2D eigenvalue weighted by Crippen LogP contribution is -2.70. The number of rotatable bonds is 7. The Balaban J connectivity index is 1.52. The zero-order chi connectivity index (χ0) is 20.8. The molecule has 1 fully saturated rings. The summed E-state index contributed by atoms with van der Waals surface area (Å²) in [5.74, 6) is -0.0524. The number of carbonyl (C=O) groups is 3. The van der Waals surface area contributed by atoms with E-state index in [1.807, 2.05) is 0 Å². The summed E-state index contributed by atoms with van der Waals surface area (Å²) in [6.45, 7) is 0. The van der Waals surface area contributed by atoms with Gasteiger partial charge in [0.25, 0.3) is 5.91 Å². The Morgan fingerprint density at radius 1 is 1.10 bits per heavy atom. The minimum atomic E-state index is -0.920. The van der Waals surface area contributed by atoms with Gasteiger partial charge < -0.3 is 21.1 Å². The van der Waals surface area contributed by atoms with Crippen molar-refractivity contribution < 1.29 is 19.1 Å². The van der Waals surface area contributed by atoms with Gasteiger partial charge >= 0.3 is 0 Å². The average molecular weight is 414 g/mol. The number of thioether (sulfide) groups is 1. The van der Waals surface area contributed by atoms with Crippen LogP contribution in [0.15, 0.2) is 54.6 Å². The van der Waals surface area contributed by atoms with Crippen molar-refractivity contribution in [3.05, 3.63) is 65.7 Å². The Morgan fingerprint density at radius 3 is 2.41 bits per heavy atom. The van der Waals surface area contributed by atoms with Gasteiger partial charge in [-0.05, 0) is 36.4 Å². The molecule has 8 nitrogen and oxygen atoms in total. The smallest absolute Gasteiger partial charge is 0.252 e. The van der Waals surface area contributed by atoms with E-state index in [2.05, 4.69) is 16.0 Å². The van der Waals surface area contributed by atoms with Crippen LogP contribution in [0, 0.1) is 0 Å². The molecule has 0 aromatic heterocycles. The fraction of sp³-hybridized carbons (Fsp3) is 0.250. The number of benzene rings is 2. The maximum atomic E-state index is 12.4. The van der Waals surface area contributed by atoms with Crippen LogP contribution in [0.25, 0.3) is 0 Å². The Kier molecular flexibility index (Phi) is 6.86. The molecule has 2 aromatic carbocycles. The van der Waals surface area contributed by atoms with E-state index in [4.69, 9.17) is 10.5 Å². The largest absolute Gasteiger partial charge is 0.497 e. The fourth-order valence-electron chi connectivity index (χ4n) is 2.77. The van der Waals surface area contributed by atoms with Crippen LogP contribution in [-0.2, 0) is 4.79 Å². The van der Waals surface area contributed by atoms with E-state index >= 15 is 0 Å². The highest BCUT2D eigenvalue weighted by molar-refractivity contribution is 8.00. The van der Waals surface area contributed by atoms with E-state index in [1.54, 1.807) is 61.7 Å². The zero-order valence-corrected chi connectivity index (χ0v) is 16.6. The molecule has 0 radical (unpaired) electrons. The maximum absolute atomic E-state index is 12.4. The topological polar surface area (TPSA) is 123 Å². The summed E-state index contributed by atoms with van der Waals surface area (Å²) in [4.78, 5) is 37.0. The van der Waals surface area contributed by atoms with Crippen molar-refractivity contribution in [2.45, 2.75) is 17.7 Å². The Labute approximate surface area is 172 Å². The highest BCUT2D eigenvalue weighted by Gasteiger charge is 2.35. The van der Waals surface area contributed by atoms with Gasteiger partial charge in [-0.1, -0.05) is 18.2 Å². The van der Waals surface area contributed by atoms with Gasteiger partial charge in [-0.15, -0.1) is 11.8 Å². The predicted octanol–water partition coefficient (Wildman–Crippen LogP) is 0.698. The molecule has 3 rings (SSSR count). The van der Waals surface area contributed by atoms with E-state index < -0.39 is 23.6 Å². The number of hydrogen-bond acceptors (Lipinski definition) is 7. The normalized spacial score (nSPS) is 21.2. The maximum Gasteiger partial charge on any atom is 0.252 e. The molecule has 0 aliphatic carbocycles. The standard InChI is InChI=1S/C20H22N4O4S/c1-28-14-9-7-12(8-10-14)15(25)11-29-20-23-17(21)16(19(27)24-20)22-18(26)13-5-3-2-4-6-13/h2-10,16-17,20,23H,11,21H2,1H3,(H,22,26)(H,24,27). The summed E-state index contributed by atoms with van der Waals surface area (Å²) in [5.41, 5.74) is 6.49. The number of amides is 2. The molecule has 1 saturated heterocycles. The van der Waals surface area contributed by atoms with Crippen molar-refractivity contribution in [3.63, 3.8) is 0 Å². The van der Waals surface area contributed by atoms with Crippen molar-refractivity contribution in [1.29, 1.82) is 0 Å². The third-order valence-electron chi connectivity index (χ3n) is 4.37. The Morgan fingerprint density at radius 2 is 1.79 bits per heavy atom. The van der Waals surface area contributed by atoms with Crippen LogP contribution < -0.4 is 26.4 Å². The Hall–Kier alpha value is -2.88. The van der Waals surface area contributed by atoms with E-state index in [-0.39, 0.29) is 17.4 Å². The minimum Gasteiger partial charge on any atom is -0.497 e. The summed E-state index contributed by atoms with van der Waals surface area (Å²) < 4.78 is 5.08. The lowest BCUT2D eigenvalue weighted by molar-refractivity contribution is -0.125. The zero-order valence-electron chi connectivity index (χ0n) is 15.8. The van der Waals surface area contributed by atoms with E-state index in [1.165, 1.54) is 11.8 Å². The Bertz CT molecular complexity index is 876. The molecule has 3 unspecified atom stereocenters. The molecule has 0 bridgehead atoms. The summed E-state index contributed by atoms with van der Waals surface area (Å²) in [6.07, 6.45) is -0.787. The second-order valence-corrected chi connectivity index (χ2v) is 7.45. The van der Waals surface area contributed by atoms with Crippen LogP contribution in [0.2, 0.25) is 0 Å². The van der Waals surface area contributed by atoms with E-state index in [0.717, 1.165) is 0 Å².